The maximum Gasteiger partial charge on any atom is 0.358 e. The number of carboxylic acids is 1. The summed E-state index contributed by atoms with van der Waals surface area (Å²) in [6.07, 6.45) is 0. The predicted molar refractivity (Wildman–Crippen MR) is 65.5 cm³/mol. The van der Waals surface area contributed by atoms with E-state index in [0.29, 0.717) is 5.69 Å². The highest BCUT2D eigenvalue weighted by Gasteiger charge is 2.17. The number of aromatic nitrogens is 3. The number of hydrogen-bond acceptors (Lipinski definition) is 3. The molecule has 0 aliphatic heterocycles. The molecule has 1 N–H and O–H groups in total. The molecule has 0 amide bonds. The molecule has 1 heterocycles. The van der Waals surface area contributed by atoms with Gasteiger partial charge >= 0.3 is 5.97 Å². The van der Waals surface area contributed by atoms with E-state index in [1.54, 1.807) is 6.92 Å². The summed E-state index contributed by atoms with van der Waals surface area (Å²) in [4.78, 5) is 10.9. The maximum atomic E-state index is 10.9. The number of rotatable bonds is 2. The lowest BCUT2D eigenvalue weighted by molar-refractivity contribution is 0.0689. The molecule has 2 aromatic rings. The fourth-order valence-corrected chi connectivity index (χ4v) is 2.20. The third kappa shape index (κ3) is 2.08. The highest BCUT2D eigenvalue weighted by molar-refractivity contribution is 9.10. The van der Waals surface area contributed by atoms with Crippen LogP contribution >= 0.6 is 15.9 Å². The third-order valence-corrected chi connectivity index (χ3v) is 3.06. The molecule has 0 bridgehead atoms. The van der Waals surface area contributed by atoms with Crippen LogP contribution in [0.1, 0.15) is 21.7 Å². The van der Waals surface area contributed by atoms with E-state index in [2.05, 4.69) is 26.2 Å². The first kappa shape index (κ1) is 11.8. The van der Waals surface area contributed by atoms with E-state index < -0.39 is 5.97 Å². The minimum Gasteiger partial charge on any atom is -0.476 e. The van der Waals surface area contributed by atoms with Crippen LogP contribution in [-0.4, -0.2) is 26.1 Å². The molecule has 5 nitrogen and oxygen atoms in total. The van der Waals surface area contributed by atoms with Crippen LogP contribution in [0.3, 0.4) is 0 Å². The van der Waals surface area contributed by atoms with Crippen LogP contribution in [0.4, 0.5) is 0 Å². The van der Waals surface area contributed by atoms with E-state index in [-0.39, 0.29) is 5.69 Å². The average Bonchev–Trinajstić information content (AvgIpc) is 2.60. The van der Waals surface area contributed by atoms with E-state index in [9.17, 15) is 4.79 Å². The zero-order chi connectivity index (χ0) is 12.6. The molecule has 0 saturated carbocycles. The summed E-state index contributed by atoms with van der Waals surface area (Å²) in [5.74, 6) is -1.07. The van der Waals surface area contributed by atoms with Gasteiger partial charge in [0.1, 0.15) is 0 Å². The summed E-state index contributed by atoms with van der Waals surface area (Å²) in [5, 5.41) is 16.4. The Hall–Kier alpha value is -1.69. The zero-order valence-corrected chi connectivity index (χ0v) is 10.9. The molecule has 0 spiro atoms. The number of hydrogen-bond donors (Lipinski definition) is 1. The van der Waals surface area contributed by atoms with Crippen molar-refractivity contribution < 1.29 is 9.90 Å². The zero-order valence-electron chi connectivity index (χ0n) is 9.31. The van der Waals surface area contributed by atoms with Crippen molar-refractivity contribution >= 4 is 21.9 Å². The van der Waals surface area contributed by atoms with Gasteiger partial charge in [-0.15, -0.1) is 5.10 Å². The summed E-state index contributed by atoms with van der Waals surface area (Å²) < 4.78 is 2.36. The molecule has 17 heavy (non-hydrogen) atoms. The first-order valence-corrected chi connectivity index (χ1v) is 5.72. The number of aromatic carboxylic acids is 1. The monoisotopic (exact) mass is 295 g/mol. The molecule has 2 rings (SSSR count). The van der Waals surface area contributed by atoms with Crippen LogP contribution in [0.15, 0.2) is 22.7 Å². The first-order chi connectivity index (χ1) is 8.00. The summed E-state index contributed by atoms with van der Waals surface area (Å²) in [5.41, 5.74) is 2.35. The van der Waals surface area contributed by atoms with Gasteiger partial charge in [-0.05, 0) is 47.5 Å². The molecule has 0 aliphatic carbocycles. The summed E-state index contributed by atoms with van der Waals surface area (Å²) >= 11 is 3.43. The predicted octanol–water partition coefficient (Wildman–Crippen LogP) is 2.34. The molecular formula is C11H10BrN3O2. The van der Waals surface area contributed by atoms with Gasteiger partial charge in [-0.2, -0.15) is 0 Å². The van der Waals surface area contributed by atoms with Crippen molar-refractivity contribution in [1.82, 2.24) is 15.0 Å². The van der Waals surface area contributed by atoms with Gasteiger partial charge in [-0.3, -0.25) is 0 Å². The molecule has 0 atom stereocenters. The van der Waals surface area contributed by atoms with Gasteiger partial charge in [0.2, 0.25) is 0 Å². The van der Waals surface area contributed by atoms with Crippen molar-refractivity contribution in [3.63, 3.8) is 0 Å². The number of carbonyl (C=O) groups is 1. The van der Waals surface area contributed by atoms with Crippen molar-refractivity contribution in [2.45, 2.75) is 13.8 Å². The van der Waals surface area contributed by atoms with Gasteiger partial charge < -0.3 is 5.11 Å². The van der Waals surface area contributed by atoms with E-state index >= 15 is 0 Å². The van der Waals surface area contributed by atoms with Gasteiger partial charge in [0.15, 0.2) is 5.69 Å². The standard InChI is InChI=1S/C11H10BrN3O2/c1-6-3-4-9(8(12)5-6)15-7(2)10(11(16)17)13-14-15/h3-5H,1-2H3,(H,16,17). The Bertz CT molecular complexity index is 592. The van der Waals surface area contributed by atoms with Crippen LogP contribution in [0.5, 0.6) is 0 Å². The van der Waals surface area contributed by atoms with E-state index in [0.717, 1.165) is 15.7 Å². The number of benzene rings is 1. The lowest BCUT2D eigenvalue weighted by atomic mass is 10.2. The summed E-state index contributed by atoms with van der Waals surface area (Å²) in [6, 6.07) is 5.74. The lowest BCUT2D eigenvalue weighted by Gasteiger charge is -2.06. The minimum absolute atomic E-state index is 0.0301. The molecule has 6 heteroatoms. The van der Waals surface area contributed by atoms with Crippen molar-refractivity contribution in [2.24, 2.45) is 0 Å². The minimum atomic E-state index is -1.07. The Morgan fingerprint density at radius 3 is 2.65 bits per heavy atom. The largest absolute Gasteiger partial charge is 0.476 e. The highest BCUT2D eigenvalue weighted by Crippen LogP contribution is 2.23. The molecule has 1 aromatic carbocycles. The number of nitrogens with zero attached hydrogens (tertiary/aromatic N) is 3. The Kier molecular flexibility index (Phi) is 2.97. The Labute approximate surface area is 106 Å². The van der Waals surface area contributed by atoms with Crippen molar-refractivity contribution in [1.29, 1.82) is 0 Å². The number of carboxylic acid groups (broad SMARTS) is 1. The molecule has 1 aromatic heterocycles. The second-order valence-corrected chi connectivity index (χ2v) is 4.55. The molecule has 0 fully saturated rings. The highest BCUT2D eigenvalue weighted by atomic mass is 79.9. The van der Waals surface area contributed by atoms with Gasteiger partial charge in [0.25, 0.3) is 0 Å². The van der Waals surface area contributed by atoms with Crippen LogP contribution in [-0.2, 0) is 0 Å². The lowest BCUT2D eigenvalue weighted by Crippen LogP contribution is -2.03. The molecular weight excluding hydrogens is 286 g/mol. The van der Waals surface area contributed by atoms with Crippen molar-refractivity contribution in [2.75, 3.05) is 0 Å². The van der Waals surface area contributed by atoms with E-state index in [4.69, 9.17) is 5.11 Å². The van der Waals surface area contributed by atoms with Crippen LogP contribution in [0.2, 0.25) is 0 Å². The number of aryl methyl sites for hydroxylation is 1. The molecule has 0 aliphatic rings. The van der Waals surface area contributed by atoms with Gasteiger partial charge in [-0.25, -0.2) is 9.48 Å². The molecule has 0 saturated heterocycles. The van der Waals surface area contributed by atoms with Gasteiger partial charge in [-0.1, -0.05) is 11.3 Å². The van der Waals surface area contributed by atoms with Crippen molar-refractivity contribution in [3.8, 4) is 5.69 Å². The fraction of sp³-hybridized carbons (Fsp3) is 0.182. The van der Waals surface area contributed by atoms with Crippen LogP contribution in [0.25, 0.3) is 5.69 Å². The summed E-state index contributed by atoms with van der Waals surface area (Å²) in [6.45, 7) is 3.65. The molecule has 0 unspecified atom stereocenters. The van der Waals surface area contributed by atoms with Gasteiger partial charge in [0.05, 0.1) is 11.4 Å². The molecule has 88 valence electrons. The Balaban J connectivity index is 2.57. The normalized spacial score (nSPS) is 10.5. The SMILES string of the molecule is Cc1ccc(-n2nnc(C(=O)O)c2C)c(Br)c1. The fourth-order valence-electron chi connectivity index (χ4n) is 1.54. The van der Waals surface area contributed by atoms with Crippen LogP contribution < -0.4 is 0 Å². The summed E-state index contributed by atoms with van der Waals surface area (Å²) in [7, 11) is 0. The van der Waals surface area contributed by atoms with E-state index in [1.807, 2.05) is 25.1 Å². The quantitative estimate of drug-likeness (QED) is 0.923. The van der Waals surface area contributed by atoms with Crippen molar-refractivity contribution in [3.05, 3.63) is 39.6 Å². The van der Waals surface area contributed by atoms with E-state index in [1.165, 1.54) is 4.68 Å². The number of halogens is 1. The third-order valence-electron chi connectivity index (χ3n) is 2.43. The smallest absolute Gasteiger partial charge is 0.358 e. The second kappa shape index (κ2) is 4.29. The topological polar surface area (TPSA) is 68.0 Å². The second-order valence-electron chi connectivity index (χ2n) is 3.70. The maximum absolute atomic E-state index is 10.9. The van der Waals surface area contributed by atoms with Crippen LogP contribution in [0, 0.1) is 13.8 Å². The first-order valence-electron chi connectivity index (χ1n) is 4.93. The Morgan fingerprint density at radius 1 is 1.41 bits per heavy atom. The Morgan fingerprint density at radius 2 is 2.12 bits per heavy atom. The average molecular weight is 296 g/mol. The van der Waals surface area contributed by atoms with Gasteiger partial charge in [0, 0.05) is 4.47 Å². The molecule has 0 radical (unpaired) electrons.